The number of sulfonamides is 1. The number of ether oxygens (including phenoxy) is 1. The Hall–Kier alpha value is -3.32. The van der Waals surface area contributed by atoms with Gasteiger partial charge in [0.05, 0.1) is 4.90 Å². The van der Waals surface area contributed by atoms with Gasteiger partial charge in [-0.1, -0.05) is 23.8 Å². The van der Waals surface area contributed by atoms with Crippen molar-refractivity contribution in [2.24, 2.45) is 0 Å². The minimum absolute atomic E-state index is 0.105. The van der Waals surface area contributed by atoms with Gasteiger partial charge in [-0.25, -0.2) is 8.42 Å². The minimum atomic E-state index is -3.72. The molecule has 3 rings (SSSR count). The number of aryl methyl sites for hydroxylation is 3. The van der Waals surface area contributed by atoms with Crippen molar-refractivity contribution in [1.82, 2.24) is 0 Å². The van der Waals surface area contributed by atoms with Crippen LogP contribution in [-0.4, -0.2) is 20.9 Å². The monoisotopic (exact) mass is 438 g/mol. The molecule has 3 aromatic rings. The Morgan fingerprint density at radius 1 is 0.839 bits per heavy atom. The molecule has 0 saturated heterocycles. The lowest BCUT2D eigenvalue weighted by atomic mass is 10.1. The van der Waals surface area contributed by atoms with E-state index >= 15 is 0 Å². The molecule has 0 bridgehead atoms. The standard InChI is InChI=1S/C24H26N2O4S/c1-16-5-7-21(8-6-16)26-31(28,29)22-11-9-20(10-12-22)25-24(27)15-30-23-14-17(2)13-18(3)19(23)4/h5-14,26H,15H2,1-4H3,(H,25,27). The molecule has 6 nitrogen and oxygen atoms in total. The number of amides is 1. The maximum atomic E-state index is 12.5. The van der Waals surface area contributed by atoms with E-state index in [2.05, 4.69) is 16.1 Å². The summed E-state index contributed by atoms with van der Waals surface area (Å²) in [5.41, 5.74) is 5.18. The predicted molar refractivity (Wildman–Crippen MR) is 123 cm³/mol. The fourth-order valence-electron chi connectivity index (χ4n) is 3.04. The van der Waals surface area contributed by atoms with E-state index in [4.69, 9.17) is 4.74 Å². The molecule has 0 aliphatic carbocycles. The Bertz CT molecular complexity index is 1190. The molecule has 31 heavy (non-hydrogen) atoms. The third-order valence-corrected chi connectivity index (χ3v) is 6.27. The first kappa shape index (κ1) is 22.4. The molecule has 162 valence electrons. The molecular weight excluding hydrogens is 412 g/mol. The molecule has 0 aliphatic heterocycles. The van der Waals surface area contributed by atoms with Crippen LogP contribution in [0.1, 0.15) is 22.3 Å². The molecule has 0 unspecified atom stereocenters. The van der Waals surface area contributed by atoms with Crippen molar-refractivity contribution in [3.05, 3.63) is 82.9 Å². The fraction of sp³-hybridized carbons (Fsp3) is 0.208. The van der Waals surface area contributed by atoms with Gasteiger partial charge >= 0.3 is 0 Å². The first-order valence-corrected chi connectivity index (χ1v) is 11.3. The second kappa shape index (κ2) is 9.22. The van der Waals surface area contributed by atoms with Crippen molar-refractivity contribution in [3.8, 4) is 5.75 Å². The van der Waals surface area contributed by atoms with Crippen LogP contribution < -0.4 is 14.8 Å². The second-order valence-electron chi connectivity index (χ2n) is 7.54. The summed E-state index contributed by atoms with van der Waals surface area (Å²) in [7, 11) is -3.72. The molecule has 7 heteroatoms. The number of hydrogen-bond acceptors (Lipinski definition) is 4. The van der Waals surface area contributed by atoms with Crippen molar-refractivity contribution < 1.29 is 17.9 Å². The third-order valence-electron chi connectivity index (χ3n) is 4.87. The predicted octanol–water partition coefficient (Wildman–Crippen LogP) is 4.74. The van der Waals surface area contributed by atoms with E-state index in [9.17, 15) is 13.2 Å². The quantitative estimate of drug-likeness (QED) is 0.558. The van der Waals surface area contributed by atoms with E-state index in [1.165, 1.54) is 12.1 Å². The lowest BCUT2D eigenvalue weighted by Gasteiger charge is -2.13. The van der Waals surface area contributed by atoms with Crippen LogP contribution in [0.5, 0.6) is 5.75 Å². The largest absolute Gasteiger partial charge is 0.483 e. The van der Waals surface area contributed by atoms with Gasteiger partial charge in [-0.15, -0.1) is 0 Å². The van der Waals surface area contributed by atoms with E-state index in [1.807, 2.05) is 45.9 Å². The van der Waals surface area contributed by atoms with Gasteiger partial charge in [0.15, 0.2) is 6.61 Å². The van der Waals surface area contributed by atoms with Gasteiger partial charge in [-0.2, -0.15) is 0 Å². The fourth-order valence-corrected chi connectivity index (χ4v) is 4.10. The molecule has 3 aromatic carbocycles. The maximum absolute atomic E-state index is 12.5. The van der Waals surface area contributed by atoms with Crippen LogP contribution in [0, 0.1) is 27.7 Å². The Labute approximate surface area is 183 Å². The SMILES string of the molecule is Cc1ccc(NS(=O)(=O)c2ccc(NC(=O)COc3cc(C)cc(C)c3C)cc2)cc1. The Morgan fingerprint density at radius 2 is 1.45 bits per heavy atom. The van der Waals surface area contributed by atoms with Crippen LogP contribution in [0.2, 0.25) is 0 Å². The van der Waals surface area contributed by atoms with E-state index in [0.717, 1.165) is 22.3 Å². The molecule has 0 aromatic heterocycles. The first-order valence-electron chi connectivity index (χ1n) is 9.84. The third kappa shape index (κ3) is 5.86. The summed E-state index contributed by atoms with van der Waals surface area (Å²) in [5, 5.41) is 2.72. The highest BCUT2D eigenvalue weighted by molar-refractivity contribution is 7.92. The summed E-state index contributed by atoms with van der Waals surface area (Å²) in [5.74, 6) is 0.350. The number of hydrogen-bond donors (Lipinski definition) is 2. The van der Waals surface area contributed by atoms with Crippen LogP contribution >= 0.6 is 0 Å². The highest BCUT2D eigenvalue weighted by Gasteiger charge is 2.14. The maximum Gasteiger partial charge on any atom is 0.262 e. The topological polar surface area (TPSA) is 84.5 Å². The van der Waals surface area contributed by atoms with Gasteiger partial charge in [0.1, 0.15) is 5.75 Å². The molecule has 0 fully saturated rings. The van der Waals surface area contributed by atoms with Crippen molar-refractivity contribution in [1.29, 1.82) is 0 Å². The van der Waals surface area contributed by atoms with Crippen molar-refractivity contribution >= 4 is 27.3 Å². The molecule has 0 heterocycles. The van der Waals surface area contributed by atoms with Gasteiger partial charge in [-0.05, 0) is 86.8 Å². The summed E-state index contributed by atoms with van der Waals surface area (Å²) in [4.78, 5) is 12.4. The van der Waals surface area contributed by atoms with Gasteiger partial charge in [0.25, 0.3) is 15.9 Å². The highest BCUT2D eigenvalue weighted by atomic mass is 32.2. The first-order chi connectivity index (χ1) is 14.6. The van der Waals surface area contributed by atoms with Gasteiger partial charge in [0, 0.05) is 11.4 Å². The van der Waals surface area contributed by atoms with E-state index in [1.54, 1.807) is 24.3 Å². The Kier molecular flexibility index (Phi) is 6.65. The lowest BCUT2D eigenvalue weighted by molar-refractivity contribution is -0.118. The summed E-state index contributed by atoms with van der Waals surface area (Å²) in [6.45, 7) is 7.71. The average Bonchev–Trinajstić information content (AvgIpc) is 2.71. The molecule has 0 saturated carbocycles. The van der Waals surface area contributed by atoms with Crippen LogP contribution in [0.4, 0.5) is 11.4 Å². The normalized spacial score (nSPS) is 11.1. The number of carbonyl (C=O) groups is 1. The van der Waals surface area contributed by atoms with Crippen molar-refractivity contribution in [3.63, 3.8) is 0 Å². The molecule has 0 spiro atoms. The van der Waals surface area contributed by atoms with Crippen molar-refractivity contribution in [2.45, 2.75) is 32.6 Å². The van der Waals surface area contributed by atoms with Crippen LogP contribution in [0.15, 0.2) is 65.6 Å². The van der Waals surface area contributed by atoms with Gasteiger partial charge in [0.2, 0.25) is 0 Å². The molecule has 1 amide bonds. The molecule has 0 aliphatic rings. The molecule has 2 N–H and O–H groups in total. The number of benzene rings is 3. The van der Waals surface area contributed by atoms with E-state index in [0.29, 0.717) is 17.1 Å². The average molecular weight is 439 g/mol. The molecule has 0 atom stereocenters. The van der Waals surface area contributed by atoms with Gasteiger partial charge < -0.3 is 10.1 Å². The number of nitrogens with one attached hydrogen (secondary N) is 2. The van der Waals surface area contributed by atoms with E-state index < -0.39 is 10.0 Å². The summed E-state index contributed by atoms with van der Waals surface area (Å²) in [6, 6.07) is 17.0. The minimum Gasteiger partial charge on any atom is -0.483 e. The summed E-state index contributed by atoms with van der Waals surface area (Å²) >= 11 is 0. The summed E-state index contributed by atoms with van der Waals surface area (Å²) in [6.07, 6.45) is 0. The zero-order valence-corrected chi connectivity index (χ0v) is 18.8. The Balaban J connectivity index is 1.61. The van der Waals surface area contributed by atoms with Crippen LogP contribution in [0.3, 0.4) is 0 Å². The smallest absolute Gasteiger partial charge is 0.262 e. The van der Waals surface area contributed by atoms with Crippen molar-refractivity contribution in [2.75, 3.05) is 16.6 Å². The number of rotatable bonds is 7. The zero-order chi connectivity index (χ0) is 22.6. The van der Waals surface area contributed by atoms with E-state index in [-0.39, 0.29) is 17.4 Å². The summed E-state index contributed by atoms with van der Waals surface area (Å²) < 4.78 is 33.3. The van der Waals surface area contributed by atoms with Crippen LogP contribution in [0.25, 0.3) is 0 Å². The molecular formula is C24H26N2O4S. The lowest BCUT2D eigenvalue weighted by Crippen LogP contribution is -2.20. The number of carbonyl (C=O) groups excluding carboxylic acids is 1. The number of anilines is 2. The molecule has 0 radical (unpaired) electrons. The second-order valence-corrected chi connectivity index (χ2v) is 9.22. The van der Waals surface area contributed by atoms with Crippen LogP contribution in [-0.2, 0) is 14.8 Å². The Morgan fingerprint density at radius 3 is 2.10 bits per heavy atom. The zero-order valence-electron chi connectivity index (χ0n) is 18.0. The highest BCUT2D eigenvalue weighted by Crippen LogP contribution is 2.23. The van der Waals surface area contributed by atoms with Gasteiger partial charge in [-0.3, -0.25) is 9.52 Å².